The van der Waals surface area contributed by atoms with E-state index < -0.39 is 0 Å². The SMILES string of the molecule is C=CCn1c(SCC(=O)NCCc2ccccc2)nnc1[C@H](C)NC(=O)c1cccs1. The van der Waals surface area contributed by atoms with Gasteiger partial charge in [0.2, 0.25) is 5.91 Å². The summed E-state index contributed by atoms with van der Waals surface area (Å²) in [4.78, 5) is 25.2. The van der Waals surface area contributed by atoms with Crippen molar-refractivity contribution in [2.75, 3.05) is 12.3 Å². The van der Waals surface area contributed by atoms with Crippen LogP contribution in [0, 0.1) is 0 Å². The first-order valence-corrected chi connectivity index (χ1v) is 11.8. The Labute approximate surface area is 190 Å². The molecule has 2 amide bonds. The van der Waals surface area contributed by atoms with Crippen molar-refractivity contribution in [2.24, 2.45) is 0 Å². The molecule has 0 saturated heterocycles. The Morgan fingerprint density at radius 3 is 2.74 bits per heavy atom. The molecule has 0 spiro atoms. The number of aromatic nitrogens is 3. The molecule has 0 aliphatic heterocycles. The van der Waals surface area contributed by atoms with Gasteiger partial charge in [-0.15, -0.1) is 28.1 Å². The number of thioether (sulfide) groups is 1. The van der Waals surface area contributed by atoms with Crippen molar-refractivity contribution >= 4 is 34.9 Å². The average Bonchev–Trinajstić information content (AvgIpc) is 3.44. The second kappa shape index (κ2) is 11.5. The summed E-state index contributed by atoms with van der Waals surface area (Å²) in [5.74, 6) is 0.647. The van der Waals surface area contributed by atoms with Crippen molar-refractivity contribution < 1.29 is 9.59 Å². The zero-order valence-corrected chi connectivity index (χ0v) is 18.9. The molecular formula is C22H25N5O2S2. The van der Waals surface area contributed by atoms with Gasteiger partial charge in [-0.2, -0.15) is 0 Å². The van der Waals surface area contributed by atoms with Crippen molar-refractivity contribution in [3.8, 4) is 0 Å². The van der Waals surface area contributed by atoms with Gasteiger partial charge < -0.3 is 15.2 Å². The highest BCUT2D eigenvalue weighted by atomic mass is 32.2. The van der Waals surface area contributed by atoms with Gasteiger partial charge in [0, 0.05) is 13.1 Å². The molecule has 1 atom stereocenters. The lowest BCUT2D eigenvalue weighted by atomic mass is 10.1. The molecular weight excluding hydrogens is 430 g/mol. The van der Waals surface area contributed by atoms with E-state index in [2.05, 4.69) is 27.4 Å². The molecule has 0 aliphatic rings. The molecule has 0 unspecified atom stereocenters. The van der Waals surface area contributed by atoms with Crippen LogP contribution in [0.1, 0.15) is 34.0 Å². The Morgan fingerprint density at radius 2 is 2.03 bits per heavy atom. The molecule has 9 heteroatoms. The predicted molar refractivity (Wildman–Crippen MR) is 124 cm³/mol. The zero-order chi connectivity index (χ0) is 22.1. The molecule has 0 saturated carbocycles. The second-order valence-corrected chi connectivity index (χ2v) is 8.68. The number of nitrogens with zero attached hydrogens (tertiary/aromatic N) is 3. The zero-order valence-electron chi connectivity index (χ0n) is 17.3. The van der Waals surface area contributed by atoms with E-state index in [1.54, 1.807) is 12.1 Å². The monoisotopic (exact) mass is 455 g/mol. The Hall–Kier alpha value is -2.91. The van der Waals surface area contributed by atoms with Gasteiger partial charge in [-0.25, -0.2) is 0 Å². The Morgan fingerprint density at radius 1 is 1.23 bits per heavy atom. The third kappa shape index (κ3) is 6.53. The fraction of sp³-hybridized carbons (Fsp3) is 0.273. The maximum atomic E-state index is 12.3. The van der Waals surface area contributed by atoms with Crippen molar-refractivity contribution in [3.05, 3.63) is 76.8 Å². The smallest absolute Gasteiger partial charge is 0.261 e. The number of benzene rings is 1. The van der Waals surface area contributed by atoms with Gasteiger partial charge >= 0.3 is 0 Å². The number of amides is 2. The van der Waals surface area contributed by atoms with E-state index in [9.17, 15) is 9.59 Å². The van der Waals surface area contributed by atoms with Gasteiger partial charge in [0.15, 0.2) is 11.0 Å². The molecule has 0 fully saturated rings. The number of carbonyl (C=O) groups is 2. The van der Waals surface area contributed by atoms with Crippen LogP contribution in [0.15, 0.2) is 65.7 Å². The first-order chi connectivity index (χ1) is 15.1. The number of allylic oxidation sites excluding steroid dienone is 1. The number of nitrogens with one attached hydrogen (secondary N) is 2. The van der Waals surface area contributed by atoms with Gasteiger partial charge in [-0.05, 0) is 30.4 Å². The molecule has 7 nitrogen and oxygen atoms in total. The van der Waals surface area contributed by atoms with Crippen LogP contribution in [0.2, 0.25) is 0 Å². The minimum atomic E-state index is -0.337. The molecule has 3 aromatic rings. The lowest BCUT2D eigenvalue weighted by Gasteiger charge is -2.14. The summed E-state index contributed by atoms with van der Waals surface area (Å²) in [5, 5.41) is 16.8. The van der Waals surface area contributed by atoms with Crippen LogP contribution in [0.3, 0.4) is 0 Å². The van der Waals surface area contributed by atoms with E-state index in [4.69, 9.17) is 0 Å². The highest BCUT2D eigenvalue weighted by Gasteiger charge is 2.20. The number of thiophene rings is 1. The lowest BCUT2D eigenvalue weighted by Crippen LogP contribution is -2.28. The maximum absolute atomic E-state index is 12.3. The number of rotatable bonds is 11. The molecule has 1 aromatic carbocycles. The Bertz CT molecular complexity index is 1000. The van der Waals surface area contributed by atoms with E-state index in [-0.39, 0.29) is 23.6 Å². The standard InChI is InChI=1S/C22H25N5O2S2/c1-3-13-27-20(16(2)24-21(29)18-10-7-14-30-18)25-26-22(27)31-15-19(28)23-12-11-17-8-5-4-6-9-17/h3-10,14,16H,1,11-13,15H2,2H3,(H,23,28)(H,24,29)/t16-/m0/s1. The van der Waals surface area contributed by atoms with Crippen LogP contribution in [0.25, 0.3) is 0 Å². The van der Waals surface area contributed by atoms with Crippen molar-refractivity contribution in [1.82, 2.24) is 25.4 Å². The molecule has 31 heavy (non-hydrogen) atoms. The van der Waals surface area contributed by atoms with E-state index in [0.29, 0.717) is 28.9 Å². The van der Waals surface area contributed by atoms with Crippen molar-refractivity contribution in [1.29, 1.82) is 0 Å². The minimum Gasteiger partial charge on any atom is -0.355 e. The van der Waals surface area contributed by atoms with E-state index in [0.717, 1.165) is 6.42 Å². The number of carbonyl (C=O) groups excluding carboxylic acids is 2. The first-order valence-electron chi connectivity index (χ1n) is 9.90. The normalized spacial score (nSPS) is 11.6. The second-order valence-electron chi connectivity index (χ2n) is 6.79. The molecule has 3 rings (SSSR count). The van der Waals surface area contributed by atoms with Gasteiger partial charge in [0.25, 0.3) is 5.91 Å². The fourth-order valence-electron chi connectivity index (χ4n) is 2.94. The van der Waals surface area contributed by atoms with E-state index in [1.807, 2.05) is 53.3 Å². The first kappa shape index (κ1) is 22.8. The van der Waals surface area contributed by atoms with Crippen LogP contribution >= 0.6 is 23.1 Å². The van der Waals surface area contributed by atoms with E-state index >= 15 is 0 Å². The van der Waals surface area contributed by atoms with Crippen LogP contribution in [-0.4, -0.2) is 38.9 Å². The largest absolute Gasteiger partial charge is 0.355 e. The topological polar surface area (TPSA) is 88.9 Å². The average molecular weight is 456 g/mol. The van der Waals surface area contributed by atoms with Crippen LogP contribution in [0.5, 0.6) is 0 Å². The lowest BCUT2D eigenvalue weighted by molar-refractivity contribution is -0.118. The summed E-state index contributed by atoms with van der Waals surface area (Å²) in [6.07, 6.45) is 2.53. The van der Waals surface area contributed by atoms with Crippen LogP contribution in [-0.2, 0) is 17.8 Å². The molecule has 0 radical (unpaired) electrons. The summed E-state index contributed by atoms with van der Waals surface area (Å²) < 4.78 is 1.87. The molecule has 0 aliphatic carbocycles. The Kier molecular flexibility index (Phi) is 8.43. The van der Waals surface area contributed by atoms with Crippen LogP contribution < -0.4 is 10.6 Å². The molecule has 2 aromatic heterocycles. The quantitative estimate of drug-likeness (QED) is 0.341. The van der Waals surface area contributed by atoms with Crippen molar-refractivity contribution in [2.45, 2.75) is 31.1 Å². The summed E-state index contributed by atoms with van der Waals surface area (Å²) in [6, 6.07) is 13.3. The molecule has 162 valence electrons. The van der Waals surface area contributed by atoms with Gasteiger partial charge in [0.1, 0.15) is 0 Å². The van der Waals surface area contributed by atoms with Gasteiger partial charge in [-0.1, -0.05) is 54.2 Å². The highest BCUT2D eigenvalue weighted by Crippen LogP contribution is 2.21. The van der Waals surface area contributed by atoms with E-state index in [1.165, 1.54) is 28.7 Å². The third-order valence-electron chi connectivity index (χ3n) is 4.45. The summed E-state index contributed by atoms with van der Waals surface area (Å²) in [6.45, 7) is 6.72. The summed E-state index contributed by atoms with van der Waals surface area (Å²) in [5.41, 5.74) is 1.18. The summed E-state index contributed by atoms with van der Waals surface area (Å²) in [7, 11) is 0. The number of hydrogen-bond acceptors (Lipinski definition) is 6. The summed E-state index contributed by atoms with van der Waals surface area (Å²) >= 11 is 2.70. The van der Waals surface area contributed by atoms with Crippen molar-refractivity contribution in [3.63, 3.8) is 0 Å². The fourth-order valence-corrected chi connectivity index (χ4v) is 4.35. The third-order valence-corrected chi connectivity index (χ3v) is 6.28. The van der Waals surface area contributed by atoms with Gasteiger partial charge in [0.05, 0.1) is 16.7 Å². The highest BCUT2D eigenvalue weighted by molar-refractivity contribution is 7.99. The van der Waals surface area contributed by atoms with Gasteiger partial charge in [-0.3, -0.25) is 9.59 Å². The molecule has 2 N–H and O–H groups in total. The molecule has 0 bridgehead atoms. The minimum absolute atomic E-state index is 0.0605. The number of hydrogen-bond donors (Lipinski definition) is 2. The Balaban J connectivity index is 1.54. The maximum Gasteiger partial charge on any atom is 0.261 e. The molecule has 2 heterocycles. The predicted octanol–water partition coefficient (Wildman–Crippen LogP) is 3.47. The van der Waals surface area contributed by atoms with Crippen LogP contribution in [0.4, 0.5) is 0 Å².